The lowest BCUT2D eigenvalue weighted by atomic mass is 9.82. The standard InChI is InChI=1S/C13H10ClN3.C10H17BN2O2.C9H5Cl2N/c1-17-8-9(7-15-17)13-6-11(14)10-4-2-3-5-12(10)16-13;1-9(2)10(3,4)15-11(14-9)8-6-12-13(5)7-8;10-7-5-9(11)12-8-4-2-1-3-6(7)8/h2-8H,1H3;6-7H,1-5H3;1-5H. The van der Waals surface area contributed by atoms with Gasteiger partial charge in [-0.3, -0.25) is 9.36 Å². The van der Waals surface area contributed by atoms with Gasteiger partial charge >= 0.3 is 7.12 Å². The van der Waals surface area contributed by atoms with E-state index in [4.69, 9.17) is 44.1 Å². The molecule has 1 aliphatic heterocycles. The number of hydrogen-bond acceptors (Lipinski definition) is 6. The zero-order valence-corrected chi connectivity index (χ0v) is 27.6. The summed E-state index contributed by atoms with van der Waals surface area (Å²) in [7, 11) is 3.46. The van der Waals surface area contributed by atoms with Crippen molar-refractivity contribution in [3.8, 4) is 11.3 Å². The van der Waals surface area contributed by atoms with Gasteiger partial charge < -0.3 is 9.31 Å². The van der Waals surface area contributed by atoms with Crippen molar-refractivity contribution in [1.29, 1.82) is 0 Å². The summed E-state index contributed by atoms with van der Waals surface area (Å²) in [6.07, 6.45) is 7.41. The summed E-state index contributed by atoms with van der Waals surface area (Å²) in [6, 6.07) is 19.0. The third-order valence-corrected chi connectivity index (χ3v) is 8.37. The molecule has 0 atom stereocenters. The lowest BCUT2D eigenvalue weighted by Crippen LogP contribution is -2.41. The number of aromatic nitrogens is 6. The van der Waals surface area contributed by atoms with Gasteiger partial charge in [0.1, 0.15) is 5.15 Å². The van der Waals surface area contributed by atoms with Gasteiger partial charge in [0.25, 0.3) is 0 Å². The maximum absolute atomic E-state index is 6.25. The highest BCUT2D eigenvalue weighted by atomic mass is 35.5. The maximum Gasteiger partial charge on any atom is 0.498 e. The van der Waals surface area contributed by atoms with Crippen LogP contribution >= 0.6 is 34.8 Å². The van der Waals surface area contributed by atoms with Gasteiger partial charge in [0.2, 0.25) is 0 Å². The van der Waals surface area contributed by atoms with Gasteiger partial charge in [-0.1, -0.05) is 71.2 Å². The monoisotopic (exact) mass is 648 g/mol. The first-order valence-corrected chi connectivity index (χ1v) is 15.1. The number of fused-ring (bicyclic) bond motifs is 2. The van der Waals surface area contributed by atoms with Crippen LogP contribution in [0.25, 0.3) is 33.1 Å². The number of benzene rings is 2. The molecule has 7 rings (SSSR count). The summed E-state index contributed by atoms with van der Waals surface area (Å²) in [4.78, 5) is 8.70. The second-order valence-corrected chi connectivity index (χ2v) is 12.6. The molecule has 0 N–H and O–H groups in total. The Labute approximate surface area is 272 Å². The van der Waals surface area contributed by atoms with E-state index in [0.717, 1.165) is 43.5 Å². The molecular weight excluding hydrogens is 618 g/mol. The van der Waals surface area contributed by atoms with Crippen LogP contribution in [-0.4, -0.2) is 47.8 Å². The molecule has 4 aromatic heterocycles. The van der Waals surface area contributed by atoms with Crippen LogP contribution in [0.5, 0.6) is 0 Å². The molecule has 0 spiro atoms. The Morgan fingerprint density at radius 3 is 1.75 bits per heavy atom. The number of halogens is 3. The molecule has 2 aromatic carbocycles. The minimum absolute atomic E-state index is 0.284. The molecule has 0 bridgehead atoms. The molecule has 8 nitrogen and oxygen atoms in total. The Kier molecular flexibility index (Phi) is 9.34. The van der Waals surface area contributed by atoms with Crippen LogP contribution in [0.15, 0.2) is 85.5 Å². The van der Waals surface area contributed by atoms with Gasteiger partial charge in [-0.15, -0.1) is 0 Å². The predicted octanol–water partition coefficient (Wildman–Crippen LogP) is 7.55. The van der Waals surface area contributed by atoms with Crippen molar-refractivity contribution in [2.45, 2.75) is 38.9 Å². The normalized spacial score (nSPS) is 15.1. The molecule has 44 heavy (non-hydrogen) atoms. The fraction of sp³-hybridized carbons (Fsp3) is 0.250. The van der Waals surface area contributed by atoms with E-state index in [1.165, 1.54) is 0 Å². The van der Waals surface area contributed by atoms with Crippen LogP contribution in [0.3, 0.4) is 0 Å². The number of aryl methyl sites for hydroxylation is 2. The Hall–Kier alpha value is -3.47. The molecule has 1 aliphatic rings. The minimum atomic E-state index is -0.302. The molecule has 1 fully saturated rings. The van der Waals surface area contributed by atoms with Crippen molar-refractivity contribution in [3.05, 3.63) is 101 Å². The molecule has 12 heteroatoms. The van der Waals surface area contributed by atoms with E-state index in [2.05, 4.69) is 20.2 Å². The van der Waals surface area contributed by atoms with Crippen LogP contribution < -0.4 is 5.46 Å². The summed E-state index contributed by atoms with van der Waals surface area (Å²) in [6.45, 7) is 8.18. The molecule has 0 saturated carbocycles. The van der Waals surface area contributed by atoms with E-state index in [-0.39, 0.29) is 18.3 Å². The highest BCUT2D eigenvalue weighted by Gasteiger charge is 2.52. The summed E-state index contributed by atoms with van der Waals surface area (Å²) in [5.74, 6) is 0. The van der Waals surface area contributed by atoms with Crippen LogP contribution in [-0.2, 0) is 23.4 Å². The molecule has 1 saturated heterocycles. The molecule has 0 amide bonds. The first kappa shape index (κ1) is 31.9. The SMILES string of the molecule is Clc1cc(Cl)c2ccccc2n1.Cn1cc(-c2cc(Cl)c3ccccc3n2)cn1.Cn1cc(B2OC(C)(C)C(C)(C)O2)cn1. The Morgan fingerprint density at radius 1 is 0.682 bits per heavy atom. The van der Waals surface area contributed by atoms with Crippen molar-refractivity contribution in [2.75, 3.05) is 0 Å². The topological polar surface area (TPSA) is 79.9 Å². The van der Waals surface area contributed by atoms with Crippen molar-refractivity contribution in [2.24, 2.45) is 14.1 Å². The summed E-state index contributed by atoms with van der Waals surface area (Å²) in [5, 5.41) is 11.9. The lowest BCUT2D eigenvalue weighted by Gasteiger charge is -2.32. The van der Waals surface area contributed by atoms with E-state index in [0.29, 0.717) is 10.2 Å². The molecule has 5 heterocycles. The Bertz CT molecular complexity index is 1910. The Morgan fingerprint density at radius 2 is 1.20 bits per heavy atom. The van der Waals surface area contributed by atoms with Gasteiger partial charge in [-0.05, 0) is 52.0 Å². The van der Waals surface area contributed by atoms with Gasteiger partial charge in [-0.25, -0.2) is 9.97 Å². The third kappa shape index (κ3) is 7.09. The van der Waals surface area contributed by atoms with Crippen molar-refractivity contribution in [3.63, 3.8) is 0 Å². The second-order valence-electron chi connectivity index (χ2n) is 11.4. The summed E-state index contributed by atoms with van der Waals surface area (Å²) < 4.78 is 15.3. The lowest BCUT2D eigenvalue weighted by molar-refractivity contribution is 0.00578. The molecular formula is C32H32BCl3N6O2. The average Bonchev–Trinajstić information content (AvgIpc) is 3.66. The summed E-state index contributed by atoms with van der Waals surface area (Å²) >= 11 is 17.9. The molecule has 0 unspecified atom stereocenters. The largest absolute Gasteiger partial charge is 0.498 e. The van der Waals surface area contributed by atoms with Crippen LogP contribution in [0.1, 0.15) is 27.7 Å². The molecule has 6 aromatic rings. The average molecular weight is 650 g/mol. The second kappa shape index (κ2) is 12.9. The fourth-order valence-electron chi connectivity index (χ4n) is 4.48. The van der Waals surface area contributed by atoms with E-state index >= 15 is 0 Å². The van der Waals surface area contributed by atoms with Crippen molar-refractivity contribution < 1.29 is 9.31 Å². The van der Waals surface area contributed by atoms with E-state index in [9.17, 15) is 0 Å². The van der Waals surface area contributed by atoms with Crippen LogP contribution in [0.2, 0.25) is 15.2 Å². The van der Waals surface area contributed by atoms with Crippen LogP contribution in [0, 0.1) is 0 Å². The first-order chi connectivity index (χ1) is 20.8. The third-order valence-electron chi connectivity index (χ3n) is 7.55. The smallest absolute Gasteiger partial charge is 0.399 e. The van der Waals surface area contributed by atoms with Gasteiger partial charge in [-0.2, -0.15) is 10.2 Å². The van der Waals surface area contributed by atoms with Gasteiger partial charge in [0, 0.05) is 54.5 Å². The van der Waals surface area contributed by atoms with Crippen LogP contribution in [0.4, 0.5) is 0 Å². The summed E-state index contributed by atoms with van der Waals surface area (Å²) in [5.41, 5.74) is 3.95. The number of rotatable bonds is 2. The van der Waals surface area contributed by atoms with Crippen molar-refractivity contribution in [1.82, 2.24) is 29.5 Å². The number of hydrogen-bond donors (Lipinski definition) is 0. The van der Waals surface area contributed by atoms with E-state index in [1.807, 2.05) is 109 Å². The Balaban J connectivity index is 0.000000133. The molecule has 0 radical (unpaired) electrons. The number of para-hydroxylation sites is 2. The molecule has 0 aliphatic carbocycles. The van der Waals surface area contributed by atoms with Gasteiger partial charge in [0.15, 0.2) is 0 Å². The molecule has 226 valence electrons. The highest BCUT2D eigenvalue weighted by molar-refractivity contribution is 6.62. The predicted molar refractivity (Wildman–Crippen MR) is 180 cm³/mol. The maximum atomic E-state index is 6.25. The quantitative estimate of drug-likeness (QED) is 0.142. The first-order valence-electron chi connectivity index (χ1n) is 13.9. The fourth-order valence-corrected chi connectivity index (χ4v) is 5.26. The minimum Gasteiger partial charge on any atom is -0.399 e. The number of pyridine rings is 2. The zero-order valence-electron chi connectivity index (χ0n) is 25.3. The van der Waals surface area contributed by atoms with E-state index < -0.39 is 0 Å². The number of nitrogens with zero attached hydrogens (tertiary/aromatic N) is 6. The van der Waals surface area contributed by atoms with Gasteiger partial charge in [0.05, 0.1) is 44.2 Å². The highest BCUT2D eigenvalue weighted by Crippen LogP contribution is 2.36. The van der Waals surface area contributed by atoms with Crippen molar-refractivity contribution >= 4 is 69.2 Å². The van der Waals surface area contributed by atoms with E-state index in [1.54, 1.807) is 27.8 Å². The zero-order chi connectivity index (χ0) is 31.6.